The molecule has 0 aromatic rings. The average molecular weight is 733 g/mol. The molecule has 50 heavy (non-hydrogen) atoms. The molecule has 0 spiro atoms. The van der Waals surface area contributed by atoms with Crippen LogP contribution in [0.25, 0.3) is 0 Å². The summed E-state index contributed by atoms with van der Waals surface area (Å²) in [7, 11) is 1.37. The Kier molecular flexibility index (Phi) is 16.5. The lowest BCUT2D eigenvalue weighted by atomic mass is 9.96. The van der Waals surface area contributed by atoms with Gasteiger partial charge in [-0.3, -0.25) is 19.3 Å². The number of carbonyl (C=O) groups excluding carboxylic acids is 3. The van der Waals surface area contributed by atoms with E-state index in [1.165, 1.54) is 11.9 Å². The number of rotatable bonds is 17. The Hall–Kier alpha value is -2.27. The van der Waals surface area contributed by atoms with Gasteiger partial charge in [-0.05, 0) is 0 Å². The minimum atomic E-state index is -1.93. The molecule has 0 unspecified atom stereocenters. The highest BCUT2D eigenvalue weighted by molar-refractivity contribution is 5.83. The van der Waals surface area contributed by atoms with E-state index in [1.54, 1.807) is 0 Å². The van der Waals surface area contributed by atoms with Gasteiger partial charge in [0.05, 0.1) is 46.1 Å². The number of carbonyl (C=O) groups is 3. The number of aliphatic hydroxyl groups excluding tert-OH is 10. The number of likely N-dealkylation sites (N-methyl/N-ethyl adjacent to an activating group) is 1. The van der Waals surface area contributed by atoms with E-state index in [2.05, 4.69) is 10.6 Å². The van der Waals surface area contributed by atoms with Gasteiger partial charge in [-0.1, -0.05) is 0 Å². The number of primary amides is 1. The predicted octanol–water partition coefficient (Wildman–Crippen LogP) is -9.90. The number of amides is 3. The van der Waals surface area contributed by atoms with Gasteiger partial charge in [0.1, 0.15) is 73.2 Å². The first-order chi connectivity index (χ1) is 23.6. The summed E-state index contributed by atoms with van der Waals surface area (Å²) in [4.78, 5) is 36.7. The third kappa shape index (κ3) is 10.9. The third-order valence-electron chi connectivity index (χ3n) is 8.15. The van der Waals surface area contributed by atoms with Crippen LogP contribution in [0.4, 0.5) is 0 Å². The van der Waals surface area contributed by atoms with Crippen molar-refractivity contribution in [2.75, 3.05) is 59.7 Å². The number of hydrogen-bond acceptors (Lipinski definition) is 20. The van der Waals surface area contributed by atoms with Crippen LogP contribution >= 0.6 is 0 Å². The van der Waals surface area contributed by atoms with Crippen molar-refractivity contribution in [3.8, 4) is 0 Å². The fourth-order valence-electron chi connectivity index (χ4n) is 5.36. The maximum Gasteiger partial charge on any atom is 0.234 e. The molecule has 0 saturated carbocycles. The van der Waals surface area contributed by atoms with Crippen LogP contribution in [0.15, 0.2) is 0 Å². The number of aliphatic hydroxyl groups is 10. The van der Waals surface area contributed by atoms with Crippen LogP contribution in [-0.2, 0) is 42.8 Å². The number of ether oxygens (including phenoxy) is 6. The van der Waals surface area contributed by atoms with E-state index in [9.17, 15) is 65.4 Å². The van der Waals surface area contributed by atoms with Gasteiger partial charge in [-0.2, -0.15) is 0 Å². The molecule has 0 aromatic carbocycles. The Balaban J connectivity index is 1.69. The molecule has 0 aromatic heterocycles. The maximum absolute atomic E-state index is 12.5. The topological polar surface area (TPSA) is 362 Å². The molecule has 14 N–H and O–H groups in total. The van der Waals surface area contributed by atoms with E-state index >= 15 is 0 Å². The molecule has 290 valence electrons. The molecule has 3 amide bonds. The van der Waals surface area contributed by atoms with Crippen LogP contribution in [-0.4, -0.2) is 225 Å². The summed E-state index contributed by atoms with van der Waals surface area (Å²) in [6.45, 7) is -3.84. The fourth-order valence-corrected chi connectivity index (χ4v) is 5.36. The maximum atomic E-state index is 12.5. The molecule has 0 aliphatic carbocycles. The molecule has 15 atom stereocenters. The summed E-state index contributed by atoms with van der Waals surface area (Å²) >= 11 is 0. The van der Waals surface area contributed by atoms with Crippen molar-refractivity contribution in [1.29, 1.82) is 0 Å². The predicted molar refractivity (Wildman–Crippen MR) is 158 cm³/mol. The SMILES string of the molecule is CNC(=O)CN(CC(N)=O)CC(=O)NCCO[C@H]1O[C@H](CO[C@H]2O[C@H](CO)[C@@H](O)[C@H](O)[C@@H]2O)[C@@H](O)[C@H](O[C@H]2O[C@H](CO)[C@@H](O)[C@H](O)[C@@H]2O)[C@@H]1O. The molecule has 3 aliphatic heterocycles. The number of nitrogens with zero attached hydrogens (tertiary/aromatic N) is 1. The monoisotopic (exact) mass is 732 g/mol. The molecular weight excluding hydrogens is 684 g/mol. The van der Waals surface area contributed by atoms with E-state index in [1.807, 2.05) is 0 Å². The smallest absolute Gasteiger partial charge is 0.234 e. The second kappa shape index (κ2) is 19.5. The van der Waals surface area contributed by atoms with Crippen molar-refractivity contribution in [2.45, 2.75) is 92.1 Å². The number of nitrogens with two attached hydrogens (primary N) is 1. The molecule has 3 saturated heterocycles. The standard InChI is InChI=1S/C27H48N4O19/c1-29-14(35)5-31(4-13(28)34)6-15(36)30-2-3-45-26-23(44)24(50-27-22(43)20(41)17(38)11(8-33)48-27)18(39)12(49-26)9-46-25-21(42)19(40)16(37)10(7-32)47-25/h10-12,16-27,32-33,37-44H,2-9H2,1H3,(H2,28,34)(H,29,35)(H,30,36)/t10-,11-,12-,16-,17-,18-,19+,20+,21+,22+,23+,24+,25+,26+,27-/m1/s1. The van der Waals surface area contributed by atoms with E-state index < -0.39 is 136 Å². The van der Waals surface area contributed by atoms with E-state index in [0.717, 1.165) is 0 Å². The summed E-state index contributed by atoms with van der Waals surface area (Å²) in [5.74, 6) is -1.88. The molecule has 3 fully saturated rings. The summed E-state index contributed by atoms with van der Waals surface area (Å²) in [6.07, 6.45) is -25.6. The summed E-state index contributed by atoms with van der Waals surface area (Å²) in [6, 6.07) is 0. The zero-order valence-corrected chi connectivity index (χ0v) is 27.0. The minimum absolute atomic E-state index is 0.206. The number of hydrogen-bond donors (Lipinski definition) is 13. The minimum Gasteiger partial charge on any atom is -0.394 e. The molecule has 0 radical (unpaired) electrons. The van der Waals surface area contributed by atoms with Gasteiger partial charge in [0.15, 0.2) is 18.9 Å². The highest BCUT2D eigenvalue weighted by Crippen LogP contribution is 2.31. The van der Waals surface area contributed by atoms with Crippen molar-refractivity contribution in [3.63, 3.8) is 0 Å². The highest BCUT2D eigenvalue weighted by atomic mass is 16.7. The molecule has 0 bridgehead atoms. The van der Waals surface area contributed by atoms with Crippen LogP contribution in [0, 0.1) is 0 Å². The third-order valence-corrected chi connectivity index (χ3v) is 8.15. The highest BCUT2D eigenvalue weighted by Gasteiger charge is 2.52. The van der Waals surface area contributed by atoms with Crippen molar-refractivity contribution >= 4 is 17.7 Å². The Bertz CT molecular complexity index is 1090. The van der Waals surface area contributed by atoms with Crippen molar-refractivity contribution in [3.05, 3.63) is 0 Å². The summed E-state index contributed by atoms with van der Waals surface area (Å²) in [5, 5.41) is 107. The van der Waals surface area contributed by atoms with Crippen LogP contribution < -0.4 is 16.4 Å². The number of nitrogens with one attached hydrogen (secondary N) is 2. The summed E-state index contributed by atoms with van der Waals surface area (Å²) < 4.78 is 33.0. The second-order valence-corrected chi connectivity index (χ2v) is 11.9. The van der Waals surface area contributed by atoms with Gasteiger partial charge in [0, 0.05) is 13.6 Å². The molecular formula is C27H48N4O19. The van der Waals surface area contributed by atoms with Crippen LogP contribution in [0.5, 0.6) is 0 Å². The van der Waals surface area contributed by atoms with Gasteiger partial charge in [-0.15, -0.1) is 0 Å². The van der Waals surface area contributed by atoms with Gasteiger partial charge < -0.3 is 95.9 Å². The van der Waals surface area contributed by atoms with Gasteiger partial charge in [0.2, 0.25) is 17.7 Å². The zero-order valence-electron chi connectivity index (χ0n) is 27.0. The lowest BCUT2D eigenvalue weighted by molar-refractivity contribution is -0.366. The fraction of sp³-hybridized carbons (Fsp3) is 0.889. The average Bonchev–Trinajstić information content (AvgIpc) is 3.07. The zero-order chi connectivity index (χ0) is 37.3. The van der Waals surface area contributed by atoms with E-state index in [0.29, 0.717) is 0 Å². The first-order valence-electron chi connectivity index (χ1n) is 15.6. The van der Waals surface area contributed by atoms with Crippen molar-refractivity contribution in [2.24, 2.45) is 5.73 Å². The first-order valence-corrected chi connectivity index (χ1v) is 15.6. The van der Waals surface area contributed by atoms with Crippen LogP contribution in [0.1, 0.15) is 0 Å². The normalized spacial score (nSPS) is 39.2. The largest absolute Gasteiger partial charge is 0.394 e. The Morgan fingerprint density at radius 1 is 0.660 bits per heavy atom. The lowest BCUT2D eigenvalue weighted by Gasteiger charge is -2.46. The van der Waals surface area contributed by atoms with E-state index in [4.69, 9.17) is 34.2 Å². The Morgan fingerprint density at radius 2 is 1.18 bits per heavy atom. The van der Waals surface area contributed by atoms with Crippen molar-refractivity contribution < 1.29 is 93.9 Å². The van der Waals surface area contributed by atoms with Crippen LogP contribution in [0.3, 0.4) is 0 Å². The Morgan fingerprint density at radius 3 is 1.74 bits per heavy atom. The van der Waals surface area contributed by atoms with Gasteiger partial charge in [-0.25, -0.2) is 0 Å². The second-order valence-electron chi connectivity index (χ2n) is 11.9. The Labute approximate surface area is 285 Å². The molecule has 3 aliphatic rings. The quantitative estimate of drug-likeness (QED) is 0.0617. The first kappa shape index (κ1) is 42.1. The lowest BCUT2D eigenvalue weighted by Crippen LogP contribution is -2.65. The van der Waals surface area contributed by atoms with Crippen molar-refractivity contribution in [1.82, 2.24) is 15.5 Å². The van der Waals surface area contributed by atoms with Gasteiger partial charge >= 0.3 is 0 Å². The van der Waals surface area contributed by atoms with E-state index in [-0.39, 0.29) is 26.2 Å². The van der Waals surface area contributed by atoms with Gasteiger partial charge in [0.25, 0.3) is 0 Å². The molecule has 3 heterocycles. The summed E-state index contributed by atoms with van der Waals surface area (Å²) in [5.41, 5.74) is 5.18. The molecule has 23 nitrogen and oxygen atoms in total. The molecule has 3 rings (SSSR count). The van der Waals surface area contributed by atoms with Crippen LogP contribution in [0.2, 0.25) is 0 Å². The molecule has 23 heteroatoms.